The first kappa shape index (κ1) is 18.4. The van der Waals surface area contributed by atoms with Gasteiger partial charge < -0.3 is 15.2 Å². The predicted molar refractivity (Wildman–Crippen MR) is 105 cm³/mol. The number of aromatic nitrogens is 5. The number of piperidine rings is 1. The molecule has 146 valence electrons. The van der Waals surface area contributed by atoms with Gasteiger partial charge in [-0.2, -0.15) is 0 Å². The fourth-order valence-electron chi connectivity index (χ4n) is 3.66. The molecule has 1 unspecified atom stereocenters. The van der Waals surface area contributed by atoms with Crippen molar-refractivity contribution >= 4 is 5.91 Å². The minimum atomic E-state index is -0.196. The van der Waals surface area contributed by atoms with Crippen LogP contribution in [0.5, 0.6) is 0 Å². The highest BCUT2D eigenvalue weighted by molar-refractivity contribution is 5.93. The van der Waals surface area contributed by atoms with Crippen molar-refractivity contribution in [2.45, 2.75) is 38.8 Å². The summed E-state index contributed by atoms with van der Waals surface area (Å²) in [6.45, 7) is 5.82. The molecule has 1 aliphatic rings. The summed E-state index contributed by atoms with van der Waals surface area (Å²) < 4.78 is 3.84. The van der Waals surface area contributed by atoms with Gasteiger partial charge in [-0.3, -0.25) is 4.79 Å². The van der Waals surface area contributed by atoms with E-state index in [0.717, 1.165) is 42.9 Å². The molecule has 1 amide bonds. The summed E-state index contributed by atoms with van der Waals surface area (Å²) in [7, 11) is 0. The van der Waals surface area contributed by atoms with E-state index in [2.05, 4.69) is 25.9 Å². The topological polar surface area (TPSA) is 89.7 Å². The Labute approximate surface area is 164 Å². The fourth-order valence-corrected chi connectivity index (χ4v) is 3.66. The highest BCUT2D eigenvalue weighted by Crippen LogP contribution is 2.21. The lowest BCUT2D eigenvalue weighted by atomic mass is 10.1. The van der Waals surface area contributed by atoms with Crippen molar-refractivity contribution < 1.29 is 4.79 Å². The zero-order chi connectivity index (χ0) is 19.5. The molecule has 0 bridgehead atoms. The van der Waals surface area contributed by atoms with Gasteiger partial charge in [-0.05, 0) is 57.5 Å². The molecular formula is C20H25N7O. The molecule has 3 aromatic rings. The summed E-state index contributed by atoms with van der Waals surface area (Å²) in [5.41, 5.74) is 3.24. The van der Waals surface area contributed by atoms with Gasteiger partial charge in [0.1, 0.15) is 0 Å². The molecule has 4 rings (SSSR count). The third kappa shape index (κ3) is 3.68. The van der Waals surface area contributed by atoms with E-state index in [1.54, 1.807) is 12.5 Å². The number of rotatable bonds is 5. The standard InChI is InChI=1S/C20H25N7O/c1-14(16-4-3-5-18(12-16)26-11-10-22-13-26)23-20(28)19-15(2)27(25-24-19)17-6-8-21-9-7-17/h3-5,10-14,17,21H,6-9H2,1-2H3,(H,23,28). The Hall–Kier alpha value is -3.00. The van der Waals surface area contributed by atoms with E-state index in [4.69, 9.17) is 0 Å². The van der Waals surface area contributed by atoms with Crippen LogP contribution in [0.2, 0.25) is 0 Å². The van der Waals surface area contributed by atoms with Crippen LogP contribution >= 0.6 is 0 Å². The maximum atomic E-state index is 12.8. The Bertz CT molecular complexity index is 941. The summed E-state index contributed by atoms with van der Waals surface area (Å²) in [4.78, 5) is 16.9. The van der Waals surface area contributed by atoms with Crippen LogP contribution < -0.4 is 10.6 Å². The quantitative estimate of drug-likeness (QED) is 0.709. The summed E-state index contributed by atoms with van der Waals surface area (Å²) in [6, 6.07) is 8.19. The van der Waals surface area contributed by atoms with Crippen LogP contribution in [0.25, 0.3) is 5.69 Å². The average Bonchev–Trinajstić information content (AvgIpc) is 3.39. The van der Waals surface area contributed by atoms with Gasteiger partial charge in [-0.15, -0.1) is 5.10 Å². The number of benzene rings is 1. The number of hydrogen-bond donors (Lipinski definition) is 2. The van der Waals surface area contributed by atoms with Crippen molar-refractivity contribution in [3.8, 4) is 5.69 Å². The predicted octanol–water partition coefficient (Wildman–Crippen LogP) is 2.19. The van der Waals surface area contributed by atoms with E-state index in [0.29, 0.717) is 11.7 Å². The minimum Gasteiger partial charge on any atom is -0.344 e. The van der Waals surface area contributed by atoms with Crippen molar-refractivity contribution in [1.29, 1.82) is 0 Å². The van der Waals surface area contributed by atoms with Crippen molar-refractivity contribution in [2.24, 2.45) is 0 Å². The Balaban J connectivity index is 1.48. The van der Waals surface area contributed by atoms with Gasteiger partial charge in [0.25, 0.3) is 5.91 Å². The lowest BCUT2D eigenvalue weighted by Gasteiger charge is -2.23. The van der Waals surface area contributed by atoms with Crippen LogP contribution in [0.4, 0.5) is 0 Å². The molecule has 8 nitrogen and oxygen atoms in total. The van der Waals surface area contributed by atoms with Crippen LogP contribution in [-0.2, 0) is 0 Å². The number of carbonyl (C=O) groups excluding carboxylic acids is 1. The van der Waals surface area contributed by atoms with Crippen molar-refractivity contribution in [3.05, 3.63) is 59.9 Å². The first-order valence-electron chi connectivity index (χ1n) is 9.65. The molecular weight excluding hydrogens is 354 g/mol. The molecule has 1 fully saturated rings. The maximum Gasteiger partial charge on any atom is 0.274 e. The third-order valence-electron chi connectivity index (χ3n) is 5.32. The number of nitrogens with zero attached hydrogens (tertiary/aromatic N) is 5. The normalized spacial score (nSPS) is 16.1. The second-order valence-electron chi connectivity index (χ2n) is 7.21. The molecule has 8 heteroatoms. The largest absolute Gasteiger partial charge is 0.344 e. The smallest absolute Gasteiger partial charge is 0.274 e. The number of amides is 1. The Morgan fingerprint density at radius 1 is 1.32 bits per heavy atom. The first-order valence-corrected chi connectivity index (χ1v) is 9.65. The van der Waals surface area contributed by atoms with Gasteiger partial charge in [0.15, 0.2) is 5.69 Å². The second-order valence-corrected chi connectivity index (χ2v) is 7.21. The van der Waals surface area contributed by atoms with Crippen LogP contribution in [-0.4, -0.2) is 43.5 Å². The molecule has 1 saturated heterocycles. The summed E-state index contributed by atoms with van der Waals surface area (Å²) >= 11 is 0. The highest BCUT2D eigenvalue weighted by Gasteiger charge is 2.23. The second kappa shape index (κ2) is 7.93. The molecule has 0 aliphatic carbocycles. The van der Waals surface area contributed by atoms with Crippen molar-refractivity contribution in [2.75, 3.05) is 13.1 Å². The average molecular weight is 379 g/mol. The fraction of sp³-hybridized carbons (Fsp3) is 0.400. The molecule has 2 N–H and O–H groups in total. The molecule has 3 heterocycles. The van der Waals surface area contributed by atoms with Crippen LogP contribution in [0, 0.1) is 6.92 Å². The van der Waals surface area contributed by atoms with E-state index in [-0.39, 0.29) is 11.9 Å². The van der Waals surface area contributed by atoms with Gasteiger partial charge >= 0.3 is 0 Å². The Kier molecular flexibility index (Phi) is 5.21. The van der Waals surface area contributed by atoms with E-state index in [1.165, 1.54) is 0 Å². The molecule has 0 spiro atoms. The number of nitrogens with one attached hydrogen (secondary N) is 2. The van der Waals surface area contributed by atoms with E-state index >= 15 is 0 Å². The van der Waals surface area contributed by atoms with Gasteiger partial charge in [0.05, 0.1) is 24.1 Å². The number of imidazole rings is 1. The lowest BCUT2D eigenvalue weighted by molar-refractivity contribution is 0.0934. The Morgan fingerprint density at radius 3 is 2.89 bits per heavy atom. The lowest BCUT2D eigenvalue weighted by Crippen LogP contribution is -2.31. The summed E-state index contributed by atoms with van der Waals surface area (Å²) in [5, 5.41) is 14.8. The monoisotopic (exact) mass is 379 g/mol. The van der Waals surface area contributed by atoms with Crippen molar-refractivity contribution in [1.82, 2.24) is 35.2 Å². The molecule has 1 atom stereocenters. The zero-order valence-electron chi connectivity index (χ0n) is 16.2. The third-order valence-corrected chi connectivity index (χ3v) is 5.32. The van der Waals surface area contributed by atoms with Crippen LogP contribution in [0.15, 0.2) is 43.0 Å². The molecule has 0 saturated carbocycles. The molecule has 1 aliphatic heterocycles. The van der Waals surface area contributed by atoms with Crippen LogP contribution in [0.1, 0.15) is 53.6 Å². The molecule has 1 aromatic carbocycles. The van der Waals surface area contributed by atoms with E-state index in [1.807, 2.05) is 53.6 Å². The molecule has 0 radical (unpaired) electrons. The maximum absolute atomic E-state index is 12.8. The van der Waals surface area contributed by atoms with E-state index in [9.17, 15) is 4.79 Å². The number of carbonyl (C=O) groups is 1. The molecule has 2 aromatic heterocycles. The SMILES string of the molecule is Cc1c(C(=O)NC(C)c2cccc(-n3ccnc3)c2)nnn1C1CCNCC1. The highest BCUT2D eigenvalue weighted by atomic mass is 16.2. The Morgan fingerprint density at radius 2 is 2.14 bits per heavy atom. The summed E-state index contributed by atoms with van der Waals surface area (Å²) in [5.74, 6) is -0.196. The van der Waals surface area contributed by atoms with Gasteiger partial charge in [0, 0.05) is 18.1 Å². The first-order chi connectivity index (χ1) is 13.6. The van der Waals surface area contributed by atoms with Gasteiger partial charge in [-0.25, -0.2) is 9.67 Å². The molecule has 28 heavy (non-hydrogen) atoms. The van der Waals surface area contributed by atoms with Crippen LogP contribution in [0.3, 0.4) is 0 Å². The van der Waals surface area contributed by atoms with Crippen molar-refractivity contribution in [3.63, 3.8) is 0 Å². The minimum absolute atomic E-state index is 0.153. The van der Waals surface area contributed by atoms with E-state index < -0.39 is 0 Å². The van der Waals surface area contributed by atoms with Gasteiger partial charge in [0.2, 0.25) is 0 Å². The number of hydrogen-bond acceptors (Lipinski definition) is 5. The summed E-state index contributed by atoms with van der Waals surface area (Å²) in [6.07, 6.45) is 7.40. The van der Waals surface area contributed by atoms with Gasteiger partial charge in [-0.1, -0.05) is 17.3 Å². The zero-order valence-corrected chi connectivity index (χ0v) is 16.2.